The standard InChI is InChI=1S/C10H18N2O2/c1-2-12-10(14)9(13)7-8-3-5-11-6-4-8/h8,11H,2-7H2,1H3,(H,12,14). The van der Waals surface area contributed by atoms with Gasteiger partial charge in [-0.3, -0.25) is 9.59 Å². The van der Waals surface area contributed by atoms with Crippen LogP contribution >= 0.6 is 0 Å². The minimum Gasteiger partial charge on any atom is -0.350 e. The van der Waals surface area contributed by atoms with E-state index in [1.165, 1.54) is 0 Å². The van der Waals surface area contributed by atoms with Crippen molar-refractivity contribution in [2.24, 2.45) is 5.92 Å². The molecule has 1 amide bonds. The van der Waals surface area contributed by atoms with Crippen molar-refractivity contribution < 1.29 is 9.59 Å². The van der Waals surface area contributed by atoms with Crippen LogP contribution in [-0.2, 0) is 9.59 Å². The van der Waals surface area contributed by atoms with Crippen molar-refractivity contribution in [3.8, 4) is 0 Å². The van der Waals surface area contributed by atoms with E-state index in [2.05, 4.69) is 10.6 Å². The van der Waals surface area contributed by atoms with E-state index in [9.17, 15) is 9.59 Å². The Morgan fingerprint density at radius 2 is 2.00 bits per heavy atom. The van der Waals surface area contributed by atoms with Crippen LogP contribution in [0.15, 0.2) is 0 Å². The van der Waals surface area contributed by atoms with Gasteiger partial charge in [0.2, 0.25) is 5.78 Å². The lowest BCUT2D eigenvalue weighted by molar-refractivity contribution is -0.138. The van der Waals surface area contributed by atoms with Gasteiger partial charge in [0.05, 0.1) is 0 Å². The summed E-state index contributed by atoms with van der Waals surface area (Å²) in [6, 6.07) is 0. The molecule has 1 fully saturated rings. The summed E-state index contributed by atoms with van der Waals surface area (Å²) in [5.41, 5.74) is 0. The van der Waals surface area contributed by atoms with E-state index >= 15 is 0 Å². The van der Waals surface area contributed by atoms with E-state index < -0.39 is 5.91 Å². The quantitative estimate of drug-likeness (QED) is 0.629. The van der Waals surface area contributed by atoms with Gasteiger partial charge in [0.25, 0.3) is 5.91 Å². The number of carbonyl (C=O) groups is 2. The average Bonchev–Trinajstić information content (AvgIpc) is 2.19. The number of rotatable bonds is 4. The molecule has 1 rings (SSSR count). The molecule has 14 heavy (non-hydrogen) atoms. The maximum atomic E-state index is 11.4. The Kier molecular flexibility index (Phi) is 4.59. The molecule has 1 heterocycles. The first kappa shape index (κ1) is 11.2. The summed E-state index contributed by atoms with van der Waals surface area (Å²) < 4.78 is 0. The minimum atomic E-state index is -0.425. The lowest BCUT2D eigenvalue weighted by Gasteiger charge is -2.21. The largest absolute Gasteiger partial charge is 0.350 e. The molecule has 4 nitrogen and oxygen atoms in total. The van der Waals surface area contributed by atoms with E-state index in [0.29, 0.717) is 18.9 Å². The van der Waals surface area contributed by atoms with Crippen molar-refractivity contribution in [1.82, 2.24) is 10.6 Å². The zero-order valence-corrected chi connectivity index (χ0v) is 8.64. The van der Waals surface area contributed by atoms with Crippen LogP contribution in [0.1, 0.15) is 26.2 Å². The van der Waals surface area contributed by atoms with Gasteiger partial charge in [0, 0.05) is 13.0 Å². The van der Waals surface area contributed by atoms with Crippen LogP contribution in [-0.4, -0.2) is 31.3 Å². The van der Waals surface area contributed by atoms with E-state index in [-0.39, 0.29) is 5.78 Å². The second-order valence-corrected chi connectivity index (χ2v) is 3.68. The SMILES string of the molecule is CCNC(=O)C(=O)CC1CCNCC1. The molecule has 0 spiro atoms. The van der Waals surface area contributed by atoms with E-state index in [4.69, 9.17) is 0 Å². The second-order valence-electron chi connectivity index (χ2n) is 3.68. The molecule has 0 unspecified atom stereocenters. The number of hydrogen-bond acceptors (Lipinski definition) is 3. The predicted octanol–water partition coefficient (Wildman–Crippen LogP) is 0.0813. The van der Waals surface area contributed by atoms with Crippen LogP contribution in [0.4, 0.5) is 0 Å². The molecule has 1 aliphatic heterocycles. The summed E-state index contributed by atoms with van der Waals surface area (Å²) in [7, 11) is 0. The Balaban J connectivity index is 2.28. The number of hydrogen-bond donors (Lipinski definition) is 2. The van der Waals surface area contributed by atoms with Gasteiger partial charge >= 0.3 is 0 Å². The highest BCUT2D eigenvalue weighted by Crippen LogP contribution is 2.15. The third kappa shape index (κ3) is 3.46. The number of amides is 1. The highest BCUT2D eigenvalue weighted by Gasteiger charge is 2.20. The lowest BCUT2D eigenvalue weighted by Crippen LogP contribution is -2.34. The fourth-order valence-electron chi connectivity index (χ4n) is 1.70. The Bertz CT molecular complexity index is 210. The number of ketones is 1. The van der Waals surface area contributed by atoms with Gasteiger partial charge in [-0.2, -0.15) is 0 Å². The van der Waals surface area contributed by atoms with Crippen molar-refractivity contribution >= 4 is 11.7 Å². The van der Waals surface area contributed by atoms with Gasteiger partial charge in [0.1, 0.15) is 0 Å². The van der Waals surface area contributed by atoms with Gasteiger partial charge in [-0.1, -0.05) is 0 Å². The summed E-state index contributed by atoms with van der Waals surface area (Å²) in [6.07, 6.45) is 2.42. The molecule has 0 saturated carbocycles. The van der Waals surface area contributed by atoms with Gasteiger partial charge < -0.3 is 10.6 Å². The highest BCUT2D eigenvalue weighted by molar-refractivity contribution is 6.36. The fourth-order valence-corrected chi connectivity index (χ4v) is 1.70. The number of likely N-dealkylation sites (N-methyl/N-ethyl adjacent to an activating group) is 1. The third-order valence-corrected chi connectivity index (χ3v) is 2.52. The fraction of sp³-hybridized carbons (Fsp3) is 0.800. The molecule has 0 aliphatic carbocycles. The molecule has 0 aromatic carbocycles. The Labute approximate surface area is 84.4 Å². The molecular formula is C10H18N2O2. The van der Waals surface area contributed by atoms with Gasteiger partial charge in [-0.05, 0) is 38.8 Å². The molecule has 1 saturated heterocycles. The first-order chi connectivity index (χ1) is 6.74. The third-order valence-electron chi connectivity index (χ3n) is 2.52. The van der Waals surface area contributed by atoms with Gasteiger partial charge in [-0.25, -0.2) is 0 Å². The molecule has 2 N–H and O–H groups in total. The summed E-state index contributed by atoms with van der Waals surface area (Å²) in [5, 5.41) is 5.76. The predicted molar refractivity (Wildman–Crippen MR) is 53.9 cm³/mol. The first-order valence-corrected chi connectivity index (χ1v) is 5.25. The zero-order valence-electron chi connectivity index (χ0n) is 8.64. The number of carbonyl (C=O) groups excluding carboxylic acids is 2. The summed E-state index contributed by atoms with van der Waals surface area (Å²) in [5.74, 6) is -0.295. The maximum absolute atomic E-state index is 11.4. The molecular weight excluding hydrogens is 180 g/mol. The monoisotopic (exact) mass is 198 g/mol. The van der Waals surface area contributed by atoms with Crippen LogP contribution in [0, 0.1) is 5.92 Å². The Morgan fingerprint density at radius 3 is 2.57 bits per heavy atom. The molecule has 0 atom stereocenters. The van der Waals surface area contributed by atoms with E-state index in [1.54, 1.807) is 0 Å². The normalized spacial score (nSPS) is 17.8. The second kappa shape index (κ2) is 5.75. The smallest absolute Gasteiger partial charge is 0.287 e. The van der Waals surface area contributed by atoms with Crippen molar-refractivity contribution in [2.45, 2.75) is 26.2 Å². The Hall–Kier alpha value is -0.900. The molecule has 1 aliphatic rings. The summed E-state index contributed by atoms with van der Waals surface area (Å²) >= 11 is 0. The first-order valence-electron chi connectivity index (χ1n) is 5.25. The van der Waals surface area contributed by atoms with Crippen molar-refractivity contribution in [2.75, 3.05) is 19.6 Å². The van der Waals surface area contributed by atoms with Crippen molar-refractivity contribution in [1.29, 1.82) is 0 Å². The summed E-state index contributed by atoms with van der Waals surface area (Å²) in [6.45, 7) is 4.27. The maximum Gasteiger partial charge on any atom is 0.287 e. The number of nitrogens with one attached hydrogen (secondary N) is 2. The van der Waals surface area contributed by atoms with Gasteiger partial charge in [0.15, 0.2) is 0 Å². The van der Waals surface area contributed by atoms with Gasteiger partial charge in [-0.15, -0.1) is 0 Å². The molecule has 0 radical (unpaired) electrons. The average molecular weight is 198 g/mol. The van der Waals surface area contributed by atoms with Crippen LogP contribution < -0.4 is 10.6 Å². The van der Waals surface area contributed by atoms with Crippen molar-refractivity contribution in [3.63, 3.8) is 0 Å². The van der Waals surface area contributed by atoms with Crippen LogP contribution in [0.5, 0.6) is 0 Å². The van der Waals surface area contributed by atoms with Crippen LogP contribution in [0.3, 0.4) is 0 Å². The number of Topliss-reactive ketones (excluding diaryl/α,β-unsaturated/α-hetero) is 1. The summed E-state index contributed by atoms with van der Waals surface area (Å²) in [4.78, 5) is 22.5. The van der Waals surface area contributed by atoms with Crippen LogP contribution in [0.2, 0.25) is 0 Å². The zero-order chi connectivity index (χ0) is 10.4. The van der Waals surface area contributed by atoms with E-state index in [0.717, 1.165) is 25.9 Å². The van der Waals surface area contributed by atoms with Crippen LogP contribution in [0.25, 0.3) is 0 Å². The molecule has 4 heteroatoms. The molecule has 80 valence electrons. The highest BCUT2D eigenvalue weighted by atomic mass is 16.2. The Morgan fingerprint density at radius 1 is 1.36 bits per heavy atom. The molecule has 0 aromatic rings. The molecule has 0 aromatic heterocycles. The lowest BCUT2D eigenvalue weighted by atomic mass is 9.92. The topological polar surface area (TPSA) is 58.2 Å². The number of piperidine rings is 1. The molecule has 0 bridgehead atoms. The van der Waals surface area contributed by atoms with Crippen molar-refractivity contribution in [3.05, 3.63) is 0 Å². The van der Waals surface area contributed by atoms with E-state index in [1.807, 2.05) is 6.92 Å². The minimum absolute atomic E-state index is 0.265.